The van der Waals surface area contributed by atoms with E-state index in [0.717, 1.165) is 11.3 Å². The molecule has 0 aromatic heterocycles. The Hall–Kier alpha value is -1.55. The molecule has 4 nitrogen and oxygen atoms in total. The number of aliphatic hydroxyl groups excluding tert-OH is 1. The van der Waals surface area contributed by atoms with E-state index in [9.17, 15) is 4.79 Å². The Morgan fingerprint density at radius 2 is 2.00 bits per heavy atom. The summed E-state index contributed by atoms with van der Waals surface area (Å²) in [6, 6.07) is 8.05. The van der Waals surface area contributed by atoms with Crippen LogP contribution in [0.5, 0.6) is 5.75 Å². The number of hydrogen-bond donors (Lipinski definition) is 1. The van der Waals surface area contributed by atoms with Crippen molar-refractivity contribution in [1.82, 2.24) is 4.90 Å². The molecular weight excluding hydrogens is 266 g/mol. The Labute approximate surface area is 127 Å². The number of nitrogens with zero attached hydrogens (tertiary/aromatic N) is 1. The van der Waals surface area contributed by atoms with Gasteiger partial charge in [0.25, 0.3) is 0 Å². The van der Waals surface area contributed by atoms with Crippen LogP contribution in [0, 0.1) is 6.92 Å². The van der Waals surface area contributed by atoms with Crippen molar-refractivity contribution in [2.75, 3.05) is 19.8 Å². The summed E-state index contributed by atoms with van der Waals surface area (Å²) >= 11 is 0. The van der Waals surface area contributed by atoms with Gasteiger partial charge in [0, 0.05) is 25.6 Å². The van der Waals surface area contributed by atoms with E-state index in [4.69, 9.17) is 9.84 Å². The average Bonchev–Trinajstić information content (AvgIpc) is 2.45. The first-order valence-electron chi connectivity index (χ1n) is 7.65. The van der Waals surface area contributed by atoms with Gasteiger partial charge < -0.3 is 14.7 Å². The van der Waals surface area contributed by atoms with E-state index in [1.807, 2.05) is 49.9 Å². The molecule has 0 radical (unpaired) electrons. The van der Waals surface area contributed by atoms with Crippen molar-refractivity contribution in [3.05, 3.63) is 29.8 Å². The molecule has 1 aromatic rings. The van der Waals surface area contributed by atoms with Crippen LogP contribution in [0.2, 0.25) is 0 Å². The second-order valence-corrected chi connectivity index (χ2v) is 5.48. The van der Waals surface area contributed by atoms with E-state index < -0.39 is 0 Å². The average molecular weight is 293 g/mol. The van der Waals surface area contributed by atoms with Crippen molar-refractivity contribution < 1.29 is 14.6 Å². The number of rotatable bonds is 9. The zero-order chi connectivity index (χ0) is 15.7. The van der Waals surface area contributed by atoms with Gasteiger partial charge in [0.1, 0.15) is 5.75 Å². The lowest BCUT2D eigenvalue weighted by molar-refractivity contribution is -0.133. The lowest BCUT2D eigenvalue weighted by atomic mass is 10.2. The largest absolute Gasteiger partial charge is 0.493 e. The third-order valence-corrected chi connectivity index (χ3v) is 3.39. The van der Waals surface area contributed by atoms with Crippen LogP contribution in [0.4, 0.5) is 0 Å². The zero-order valence-corrected chi connectivity index (χ0v) is 13.3. The van der Waals surface area contributed by atoms with Crippen molar-refractivity contribution in [3.8, 4) is 5.75 Å². The molecule has 1 N–H and O–H groups in total. The second kappa shape index (κ2) is 9.40. The number of ether oxygens (including phenoxy) is 1. The molecule has 0 fully saturated rings. The topological polar surface area (TPSA) is 49.8 Å². The van der Waals surface area contributed by atoms with Gasteiger partial charge in [0.15, 0.2) is 0 Å². The molecule has 0 saturated carbocycles. The summed E-state index contributed by atoms with van der Waals surface area (Å²) in [5.41, 5.74) is 1.11. The highest BCUT2D eigenvalue weighted by Crippen LogP contribution is 2.16. The SMILES string of the molecule is Cc1ccccc1OCCCC(=O)N(CCCO)C(C)C. The molecule has 21 heavy (non-hydrogen) atoms. The van der Waals surface area contributed by atoms with Gasteiger partial charge in [0.05, 0.1) is 6.61 Å². The molecule has 4 heteroatoms. The number of amides is 1. The van der Waals surface area contributed by atoms with Crippen molar-refractivity contribution in [2.24, 2.45) is 0 Å². The van der Waals surface area contributed by atoms with Gasteiger partial charge in [-0.1, -0.05) is 18.2 Å². The van der Waals surface area contributed by atoms with Gasteiger partial charge in [-0.15, -0.1) is 0 Å². The number of benzene rings is 1. The van der Waals surface area contributed by atoms with Gasteiger partial charge in [-0.3, -0.25) is 4.79 Å². The molecule has 0 bridgehead atoms. The second-order valence-electron chi connectivity index (χ2n) is 5.48. The van der Waals surface area contributed by atoms with E-state index in [2.05, 4.69) is 0 Å². The van der Waals surface area contributed by atoms with Crippen molar-refractivity contribution >= 4 is 5.91 Å². The summed E-state index contributed by atoms with van der Waals surface area (Å²) in [7, 11) is 0. The van der Waals surface area contributed by atoms with Gasteiger partial charge in [-0.05, 0) is 45.2 Å². The minimum absolute atomic E-state index is 0.118. The maximum atomic E-state index is 12.2. The Bertz CT molecular complexity index is 432. The number of hydrogen-bond acceptors (Lipinski definition) is 3. The first-order chi connectivity index (χ1) is 10.1. The predicted molar refractivity (Wildman–Crippen MR) is 84.5 cm³/mol. The van der Waals surface area contributed by atoms with Crippen LogP contribution in [0.25, 0.3) is 0 Å². The minimum atomic E-state index is 0.118. The Balaban J connectivity index is 2.33. The van der Waals surface area contributed by atoms with Gasteiger partial charge in [-0.2, -0.15) is 0 Å². The molecule has 0 saturated heterocycles. The van der Waals surface area contributed by atoms with Crippen LogP contribution < -0.4 is 4.74 Å². The predicted octanol–water partition coefficient (Wildman–Crippen LogP) is 2.77. The lowest BCUT2D eigenvalue weighted by Crippen LogP contribution is -2.38. The van der Waals surface area contributed by atoms with E-state index in [-0.39, 0.29) is 18.6 Å². The summed E-state index contributed by atoms with van der Waals surface area (Å²) in [6.45, 7) is 7.29. The lowest BCUT2D eigenvalue weighted by Gasteiger charge is -2.26. The minimum Gasteiger partial charge on any atom is -0.493 e. The van der Waals surface area contributed by atoms with Crippen LogP contribution in [0.3, 0.4) is 0 Å². The molecule has 0 aliphatic carbocycles. The van der Waals surface area contributed by atoms with Crippen molar-refractivity contribution in [2.45, 2.75) is 46.1 Å². The quantitative estimate of drug-likeness (QED) is 0.712. The Morgan fingerprint density at radius 1 is 1.29 bits per heavy atom. The third kappa shape index (κ3) is 6.17. The molecule has 0 aliphatic rings. The molecule has 1 rings (SSSR count). The van der Waals surface area contributed by atoms with Crippen LogP contribution in [0.1, 0.15) is 38.7 Å². The normalized spacial score (nSPS) is 10.7. The van der Waals surface area contributed by atoms with Gasteiger partial charge in [-0.25, -0.2) is 0 Å². The van der Waals surface area contributed by atoms with E-state index in [1.54, 1.807) is 0 Å². The standard InChI is InChI=1S/C17H27NO3/c1-14(2)18(11-7-12-19)17(20)10-6-13-21-16-9-5-4-8-15(16)3/h4-5,8-9,14,19H,6-7,10-13H2,1-3H3. The first-order valence-corrected chi connectivity index (χ1v) is 7.65. The van der Waals surface area contributed by atoms with Crippen LogP contribution >= 0.6 is 0 Å². The van der Waals surface area contributed by atoms with Crippen molar-refractivity contribution in [3.63, 3.8) is 0 Å². The van der Waals surface area contributed by atoms with Gasteiger partial charge >= 0.3 is 0 Å². The number of carbonyl (C=O) groups excluding carboxylic acids is 1. The fourth-order valence-corrected chi connectivity index (χ4v) is 2.18. The third-order valence-electron chi connectivity index (χ3n) is 3.39. The fraction of sp³-hybridized carbons (Fsp3) is 0.588. The highest BCUT2D eigenvalue weighted by Gasteiger charge is 2.15. The first kappa shape index (κ1) is 17.5. The molecule has 0 atom stereocenters. The van der Waals surface area contributed by atoms with E-state index in [0.29, 0.717) is 32.4 Å². The van der Waals surface area contributed by atoms with Crippen LogP contribution in [0.15, 0.2) is 24.3 Å². The summed E-state index contributed by atoms with van der Waals surface area (Å²) in [4.78, 5) is 14.0. The molecular formula is C17H27NO3. The maximum absolute atomic E-state index is 12.2. The summed E-state index contributed by atoms with van der Waals surface area (Å²) in [5.74, 6) is 1.01. The maximum Gasteiger partial charge on any atom is 0.222 e. The number of aliphatic hydroxyl groups is 1. The fourth-order valence-electron chi connectivity index (χ4n) is 2.18. The van der Waals surface area contributed by atoms with Crippen molar-refractivity contribution in [1.29, 1.82) is 0 Å². The summed E-state index contributed by atoms with van der Waals surface area (Å²) < 4.78 is 5.70. The number of aryl methyl sites for hydroxylation is 1. The zero-order valence-electron chi connectivity index (χ0n) is 13.3. The summed E-state index contributed by atoms with van der Waals surface area (Å²) in [6.07, 6.45) is 1.81. The highest BCUT2D eigenvalue weighted by molar-refractivity contribution is 5.76. The van der Waals surface area contributed by atoms with E-state index in [1.165, 1.54) is 0 Å². The van der Waals surface area contributed by atoms with E-state index >= 15 is 0 Å². The molecule has 1 aromatic carbocycles. The molecule has 0 heterocycles. The molecule has 1 amide bonds. The van der Waals surface area contributed by atoms with Crippen LogP contribution in [-0.4, -0.2) is 41.7 Å². The molecule has 0 unspecified atom stereocenters. The monoisotopic (exact) mass is 293 g/mol. The Morgan fingerprint density at radius 3 is 2.62 bits per heavy atom. The molecule has 0 spiro atoms. The Kier molecular flexibility index (Phi) is 7.83. The number of carbonyl (C=O) groups is 1. The van der Waals surface area contributed by atoms with Gasteiger partial charge in [0.2, 0.25) is 5.91 Å². The van der Waals surface area contributed by atoms with Crippen LogP contribution in [-0.2, 0) is 4.79 Å². The highest BCUT2D eigenvalue weighted by atomic mass is 16.5. The summed E-state index contributed by atoms with van der Waals surface area (Å²) in [5, 5.41) is 8.89. The smallest absolute Gasteiger partial charge is 0.222 e. The molecule has 118 valence electrons. The molecule has 0 aliphatic heterocycles. The number of para-hydroxylation sites is 1.